The maximum absolute atomic E-state index is 13.9. The van der Waals surface area contributed by atoms with Crippen LogP contribution in [-0.4, -0.2) is 5.91 Å². The van der Waals surface area contributed by atoms with Gasteiger partial charge in [-0.15, -0.1) is 0 Å². The maximum atomic E-state index is 13.9. The Morgan fingerprint density at radius 1 is 1.05 bits per heavy atom. The molecule has 2 aromatic carbocycles. The molecule has 0 saturated carbocycles. The zero-order valence-corrected chi connectivity index (χ0v) is 11.9. The first-order chi connectivity index (χ1) is 9.50. The molecule has 0 bridgehead atoms. The number of nitrogens with one attached hydrogen (secondary N) is 1. The first-order valence-electron chi connectivity index (χ1n) is 6.62. The van der Waals surface area contributed by atoms with E-state index in [1.165, 1.54) is 6.07 Å². The van der Waals surface area contributed by atoms with E-state index >= 15 is 0 Å². The number of benzene rings is 2. The fourth-order valence-corrected chi connectivity index (χ4v) is 2.25. The van der Waals surface area contributed by atoms with Crippen molar-refractivity contribution in [1.29, 1.82) is 0 Å². The lowest BCUT2D eigenvalue weighted by Crippen LogP contribution is -2.28. The first kappa shape index (κ1) is 14.3. The normalized spacial score (nSPS) is 12.0. The summed E-state index contributed by atoms with van der Waals surface area (Å²) in [5.74, 6) is -0.844. The number of rotatable bonds is 3. The molecule has 1 unspecified atom stereocenters. The van der Waals surface area contributed by atoms with Crippen molar-refractivity contribution in [2.24, 2.45) is 0 Å². The topological polar surface area (TPSA) is 29.1 Å². The van der Waals surface area contributed by atoms with Crippen molar-refractivity contribution in [1.82, 2.24) is 5.32 Å². The molecule has 0 saturated heterocycles. The summed E-state index contributed by atoms with van der Waals surface area (Å²) >= 11 is 0. The minimum absolute atomic E-state index is 0.0884. The lowest BCUT2D eigenvalue weighted by molar-refractivity contribution is 0.0935. The van der Waals surface area contributed by atoms with Crippen molar-refractivity contribution in [2.45, 2.75) is 26.8 Å². The molecule has 0 radical (unpaired) electrons. The Labute approximate surface area is 118 Å². The Kier molecular flexibility index (Phi) is 4.18. The Bertz CT molecular complexity index is 637. The smallest absolute Gasteiger partial charge is 0.254 e. The number of hydrogen-bond donors (Lipinski definition) is 1. The summed E-state index contributed by atoms with van der Waals surface area (Å²) < 4.78 is 13.9. The van der Waals surface area contributed by atoms with E-state index in [1.54, 1.807) is 19.1 Å². The first-order valence-corrected chi connectivity index (χ1v) is 6.62. The molecule has 1 amide bonds. The van der Waals surface area contributed by atoms with Gasteiger partial charge in [0.1, 0.15) is 5.82 Å². The zero-order valence-electron chi connectivity index (χ0n) is 11.9. The second kappa shape index (κ2) is 5.87. The van der Waals surface area contributed by atoms with E-state index in [9.17, 15) is 9.18 Å². The average Bonchev–Trinajstić information content (AvgIpc) is 2.42. The van der Waals surface area contributed by atoms with Crippen molar-refractivity contribution in [3.8, 4) is 0 Å². The van der Waals surface area contributed by atoms with Crippen LogP contribution in [0.4, 0.5) is 4.39 Å². The molecule has 2 rings (SSSR count). The largest absolute Gasteiger partial charge is 0.345 e. The van der Waals surface area contributed by atoms with Crippen LogP contribution in [0, 0.1) is 19.7 Å². The van der Waals surface area contributed by atoms with Crippen molar-refractivity contribution in [3.05, 3.63) is 70.5 Å². The Balaban J connectivity index is 2.20. The van der Waals surface area contributed by atoms with E-state index in [0.29, 0.717) is 5.56 Å². The van der Waals surface area contributed by atoms with Gasteiger partial charge < -0.3 is 5.32 Å². The molecule has 3 heteroatoms. The number of carbonyl (C=O) groups excluding carboxylic acids is 1. The van der Waals surface area contributed by atoms with Gasteiger partial charge in [0.05, 0.1) is 11.6 Å². The lowest BCUT2D eigenvalue weighted by atomic mass is 10.0. The molecule has 2 aromatic rings. The van der Waals surface area contributed by atoms with Gasteiger partial charge >= 0.3 is 0 Å². The Morgan fingerprint density at radius 2 is 1.70 bits per heavy atom. The van der Waals surface area contributed by atoms with Gasteiger partial charge in [-0.25, -0.2) is 4.39 Å². The monoisotopic (exact) mass is 271 g/mol. The second-order valence-corrected chi connectivity index (χ2v) is 4.99. The second-order valence-electron chi connectivity index (χ2n) is 4.99. The average molecular weight is 271 g/mol. The van der Waals surface area contributed by atoms with Gasteiger partial charge in [-0.3, -0.25) is 4.79 Å². The van der Waals surface area contributed by atoms with Crippen LogP contribution in [-0.2, 0) is 0 Å². The van der Waals surface area contributed by atoms with Gasteiger partial charge in [-0.1, -0.05) is 36.4 Å². The van der Waals surface area contributed by atoms with Crippen LogP contribution in [0.2, 0.25) is 0 Å². The van der Waals surface area contributed by atoms with Crippen LogP contribution in [0.15, 0.2) is 42.5 Å². The zero-order chi connectivity index (χ0) is 14.7. The maximum Gasteiger partial charge on any atom is 0.254 e. The van der Waals surface area contributed by atoms with Crippen LogP contribution in [0.25, 0.3) is 0 Å². The molecule has 0 aliphatic heterocycles. The summed E-state index contributed by atoms with van der Waals surface area (Å²) in [5.41, 5.74) is 2.70. The standard InChI is InChI=1S/C17H18FNO/c1-11-7-4-5-9-14(11)13(3)19-17(20)15-10-6-8-12(2)16(15)18/h4-10,13H,1-3H3,(H,19,20). The molecule has 2 nitrogen and oxygen atoms in total. The minimum atomic E-state index is -0.456. The number of amides is 1. The number of carbonyl (C=O) groups is 1. The van der Waals surface area contributed by atoms with Gasteiger partial charge in [-0.2, -0.15) is 0 Å². The van der Waals surface area contributed by atoms with Crippen molar-refractivity contribution in [2.75, 3.05) is 0 Å². The summed E-state index contributed by atoms with van der Waals surface area (Å²) in [6.45, 7) is 5.54. The highest BCUT2D eigenvalue weighted by molar-refractivity contribution is 5.94. The highest BCUT2D eigenvalue weighted by Crippen LogP contribution is 2.18. The molecule has 1 N–H and O–H groups in total. The Morgan fingerprint density at radius 3 is 2.40 bits per heavy atom. The number of aryl methyl sites for hydroxylation is 2. The molecule has 0 aliphatic rings. The van der Waals surface area contributed by atoms with Crippen molar-refractivity contribution >= 4 is 5.91 Å². The predicted octanol–water partition coefficient (Wildman–Crippen LogP) is 3.93. The van der Waals surface area contributed by atoms with Crippen LogP contribution in [0.1, 0.15) is 40.0 Å². The van der Waals surface area contributed by atoms with E-state index in [1.807, 2.05) is 38.1 Å². The molecule has 0 aliphatic carbocycles. The summed E-state index contributed by atoms with van der Waals surface area (Å²) in [6, 6.07) is 12.5. The van der Waals surface area contributed by atoms with Gasteiger partial charge in [0, 0.05) is 0 Å². The highest BCUT2D eigenvalue weighted by atomic mass is 19.1. The summed E-state index contributed by atoms with van der Waals surface area (Å²) in [4.78, 5) is 12.2. The van der Waals surface area contributed by atoms with Gasteiger partial charge in [0.2, 0.25) is 0 Å². The number of hydrogen-bond acceptors (Lipinski definition) is 1. The summed E-state index contributed by atoms with van der Waals surface area (Å²) in [5, 5.41) is 2.84. The third-order valence-electron chi connectivity index (χ3n) is 3.44. The highest BCUT2D eigenvalue weighted by Gasteiger charge is 2.16. The third kappa shape index (κ3) is 2.87. The molecule has 0 aromatic heterocycles. The lowest BCUT2D eigenvalue weighted by Gasteiger charge is -2.17. The predicted molar refractivity (Wildman–Crippen MR) is 78.2 cm³/mol. The minimum Gasteiger partial charge on any atom is -0.345 e. The molecule has 20 heavy (non-hydrogen) atoms. The van der Waals surface area contributed by atoms with Gasteiger partial charge in [0.25, 0.3) is 5.91 Å². The SMILES string of the molecule is Cc1ccccc1C(C)NC(=O)c1cccc(C)c1F. The molecule has 0 spiro atoms. The summed E-state index contributed by atoms with van der Waals surface area (Å²) in [7, 11) is 0. The van der Waals surface area contributed by atoms with E-state index in [4.69, 9.17) is 0 Å². The van der Waals surface area contributed by atoms with Gasteiger partial charge in [0.15, 0.2) is 0 Å². The molecular weight excluding hydrogens is 253 g/mol. The van der Waals surface area contributed by atoms with Crippen LogP contribution >= 0.6 is 0 Å². The molecule has 0 heterocycles. The fraction of sp³-hybridized carbons (Fsp3) is 0.235. The van der Waals surface area contributed by atoms with Crippen LogP contribution < -0.4 is 5.32 Å². The van der Waals surface area contributed by atoms with Crippen LogP contribution in [0.5, 0.6) is 0 Å². The van der Waals surface area contributed by atoms with E-state index in [-0.39, 0.29) is 17.5 Å². The van der Waals surface area contributed by atoms with E-state index < -0.39 is 5.82 Å². The third-order valence-corrected chi connectivity index (χ3v) is 3.44. The van der Waals surface area contributed by atoms with Crippen molar-refractivity contribution < 1.29 is 9.18 Å². The Hall–Kier alpha value is -2.16. The van der Waals surface area contributed by atoms with E-state index in [0.717, 1.165) is 11.1 Å². The van der Waals surface area contributed by atoms with E-state index in [2.05, 4.69) is 5.32 Å². The number of halogens is 1. The molecule has 104 valence electrons. The molecule has 0 fully saturated rings. The quantitative estimate of drug-likeness (QED) is 0.900. The summed E-state index contributed by atoms with van der Waals surface area (Å²) in [6.07, 6.45) is 0. The van der Waals surface area contributed by atoms with Crippen molar-refractivity contribution in [3.63, 3.8) is 0 Å². The molecular formula is C17H18FNO. The van der Waals surface area contributed by atoms with Crippen LogP contribution in [0.3, 0.4) is 0 Å². The van der Waals surface area contributed by atoms with Gasteiger partial charge in [-0.05, 0) is 43.5 Å². The molecule has 1 atom stereocenters. The fourth-order valence-electron chi connectivity index (χ4n) is 2.25.